The summed E-state index contributed by atoms with van der Waals surface area (Å²) in [7, 11) is 0. The molecule has 0 spiro atoms. The standard InChI is InChI=1S/C7H8N2O3/c8-4-5-1-2-6(9(11)12)3-7(5)10/h1-3,10H,4,8H2. The fourth-order valence-corrected chi connectivity index (χ4v) is 0.838. The van der Waals surface area contributed by atoms with Gasteiger partial charge in [-0.15, -0.1) is 0 Å². The Morgan fingerprint density at radius 3 is 2.67 bits per heavy atom. The highest BCUT2D eigenvalue weighted by molar-refractivity contribution is 5.43. The number of aromatic hydroxyl groups is 1. The van der Waals surface area contributed by atoms with Gasteiger partial charge in [0.1, 0.15) is 5.75 Å². The maximum atomic E-state index is 10.2. The van der Waals surface area contributed by atoms with Crippen LogP contribution in [0.4, 0.5) is 5.69 Å². The first kappa shape index (κ1) is 8.48. The number of nitrogens with two attached hydrogens (primary N) is 1. The van der Waals surface area contributed by atoms with Crippen molar-refractivity contribution in [2.24, 2.45) is 5.73 Å². The maximum absolute atomic E-state index is 10.2. The monoisotopic (exact) mass is 168 g/mol. The Labute approximate surface area is 68.6 Å². The first-order valence-electron chi connectivity index (χ1n) is 3.31. The van der Waals surface area contributed by atoms with Crippen LogP contribution in [0.3, 0.4) is 0 Å². The lowest BCUT2D eigenvalue weighted by Gasteiger charge is -1.99. The molecule has 0 aliphatic heterocycles. The second-order valence-corrected chi connectivity index (χ2v) is 2.27. The molecule has 0 aliphatic carbocycles. The number of nitro groups is 1. The van der Waals surface area contributed by atoms with Crippen molar-refractivity contribution < 1.29 is 10.0 Å². The van der Waals surface area contributed by atoms with E-state index in [1.807, 2.05) is 0 Å². The van der Waals surface area contributed by atoms with Crippen LogP contribution >= 0.6 is 0 Å². The predicted molar refractivity (Wildman–Crippen MR) is 42.7 cm³/mol. The molecule has 0 atom stereocenters. The predicted octanol–water partition coefficient (Wildman–Crippen LogP) is 0.759. The number of non-ortho nitro benzene ring substituents is 1. The van der Waals surface area contributed by atoms with Crippen molar-refractivity contribution >= 4 is 5.69 Å². The minimum atomic E-state index is -0.569. The van der Waals surface area contributed by atoms with E-state index >= 15 is 0 Å². The van der Waals surface area contributed by atoms with Crippen molar-refractivity contribution in [3.05, 3.63) is 33.9 Å². The highest BCUT2D eigenvalue weighted by Gasteiger charge is 2.08. The van der Waals surface area contributed by atoms with Crippen LogP contribution in [0.25, 0.3) is 0 Å². The van der Waals surface area contributed by atoms with Crippen LogP contribution in [-0.2, 0) is 6.54 Å². The summed E-state index contributed by atoms with van der Waals surface area (Å²) in [5.74, 6) is -0.133. The van der Waals surface area contributed by atoms with E-state index in [1.54, 1.807) is 0 Å². The topological polar surface area (TPSA) is 89.4 Å². The number of nitro benzene ring substituents is 1. The summed E-state index contributed by atoms with van der Waals surface area (Å²) in [6.07, 6.45) is 0. The molecular formula is C7H8N2O3. The summed E-state index contributed by atoms with van der Waals surface area (Å²) in [4.78, 5) is 9.65. The molecule has 0 aliphatic rings. The number of hydrogen-bond donors (Lipinski definition) is 2. The molecule has 64 valence electrons. The van der Waals surface area contributed by atoms with Gasteiger partial charge in [0.2, 0.25) is 0 Å². The van der Waals surface area contributed by atoms with Crippen molar-refractivity contribution in [1.29, 1.82) is 0 Å². The normalized spacial score (nSPS) is 9.75. The first-order valence-corrected chi connectivity index (χ1v) is 3.31. The molecule has 0 unspecified atom stereocenters. The Bertz CT molecular complexity index is 312. The lowest BCUT2D eigenvalue weighted by molar-refractivity contribution is -0.384. The molecule has 0 amide bonds. The van der Waals surface area contributed by atoms with Crippen LogP contribution in [0.5, 0.6) is 5.75 Å². The second kappa shape index (κ2) is 3.19. The SMILES string of the molecule is NCc1ccc([N+](=O)[O-])cc1O. The number of hydrogen-bond acceptors (Lipinski definition) is 4. The maximum Gasteiger partial charge on any atom is 0.273 e. The molecular weight excluding hydrogens is 160 g/mol. The minimum Gasteiger partial charge on any atom is -0.507 e. The van der Waals surface area contributed by atoms with Crippen LogP contribution in [0, 0.1) is 10.1 Å². The van der Waals surface area contributed by atoms with E-state index in [0.29, 0.717) is 5.56 Å². The zero-order chi connectivity index (χ0) is 9.14. The number of rotatable bonds is 2. The number of phenols is 1. The molecule has 0 fully saturated rings. The third-order valence-electron chi connectivity index (χ3n) is 1.50. The van der Waals surface area contributed by atoms with Gasteiger partial charge >= 0.3 is 0 Å². The average Bonchev–Trinajstić information content (AvgIpc) is 2.04. The number of phenolic OH excluding ortho intramolecular Hbond substituents is 1. The van der Waals surface area contributed by atoms with Gasteiger partial charge in [0.15, 0.2) is 0 Å². The largest absolute Gasteiger partial charge is 0.507 e. The number of benzene rings is 1. The van der Waals surface area contributed by atoms with E-state index in [9.17, 15) is 10.1 Å². The van der Waals surface area contributed by atoms with Gasteiger partial charge in [-0.3, -0.25) is 10.1 Å². The summed E-state index contributed by atoms with van der Waals surface area (Å²) >= 11 is 0. The van der Waals surface area contributed by atoms with Gasteiger partial charge in [-0.2, -0.15) is 0 Å². The Hall–Kier alpha value is -1.62. The minimum absolute atomic E-state index is 0.133. The summed E-state index contributed by atoms with van der Waals surface area (Å²) in [5.41, 5.74) is 5.61. The molecule has 1 rings (SSSR count). The van der Waals surface area contributed by atoms with Crippen LogP contribution in [0.2, 0.25) is 0 Å². The third kappa shape index (κ3) is 1.51. The van der Waals surface area contributed by atoms with E-state index in [1.165, 1.54) is 12.1 Å². The quantitative estimate of drug-likeness (QED) is 0.503. The van der Waals surface area contributed by atoms with Crippen molar-refractivity contribution in [3.63, 3.8) is 0 Å². The highest BCUT2D eigenvalue weighted by Crippen LogP contribution is 2.22. The van der Waals surface area contributed by atoms with Crippen LogP contribution in [0.1, 0.15) is 5.56 Å². The molecule has 5 nitrogen and oxygen atoms in total. The van der Waals surface area contributed by atoms with Gasteiger partial charge in [0.05, 0.1) is 11.0 Å². The molecule has 0 saturated heterocycles. The summed E-state index contributed by atoms with van der Waals surface area (Å²) in [5, 5.41) is 19.4. The molecule has 1 aromatic carbocycles. The summed E-state index contributed by atoms with van der Waals surface area (Å²) < 4.78 is 0. The van der Waals surface area contributed by atoms with Crippen molar-refractivity contribution in [2.45, 2.75) is 6.54 Å². The van der Waals surface area contributed by atoms with Gasteiger partial charge in [0.25, 0.3) is 5.69 Å². The van der Waals surface area contributed by atoms with Gasteiger partial charge in [-0.1, -0.05) is 0 Å². The molecule has 3 N–H and O–H groups in total. The molecule has 5 heteroatoms. The smallest absolute Gasteiger partial charge is 0.273 e. The van der Waals surface area contributed by atoms with Crippen molar-refractivity contribution in [2.75, 3.05) is 0 Å². The van der Waals surface area contributed by atoms with Crippen molar-refractivity contribution in [1.82, 2.24) is 0 Å². The van der Waals surface area contributed by atoms with E-state index < -0.39 is 4.92 Å². The molecule has 0 bridgehead atoms. The van der Waals surface area contributed by atoms with E-state index in [4.69, 9.17) is 10.8 Å². The zero-order valence-electron chi connectivity index (χ0n) is 6.23. The zero-order valence-corrected chi connectivity index (χ0v) is 6.23. The van der Waals surface area contributed by atoms with Gasteiger partial charge < -0.3 is 10.8 Å². The van der Waals surface area contributed by atoms with E-state index in [0.717, 1.165) is 6.07 Å². The lowest BCUT2D eigenvalue weighted by atomic mass is 10.2. The molecule has 0 radical (unpaired) electrons. The van der Waals surface area contributed by atoms with Gasteiger partial charge in [0, 0.05) is 18.2 Å². The average molecular weight is 168 g/mol. The molecule has 1 aromatic rings. The molecule has 0 heterocycles. The van der Waals surface area contributed by atoms with Gasteiger partial charge in [-0.05, 0) is 6.07 Å². The van der Waals surface area contributed by atoms with Crippen LogP contribution in [-0.4, -0.2) is 10.0 Å². The van der Waals surface area contributed by atoms with E-state index in [-0.39, 0.29) is 18.0 Å². The van der Waals surface area contributed by atoms with E-state index in [2.05, 4.69) is 0 Å². The Balaban J connectivity index is 3.10. The lowest BCUT2D eigenvalue weighted by Crippen LogP contribution is -1.97. The molecule has 0 saturated carbocycles. The van der Waals surface area contributed by atoms with Crippen LogP contribution < -0.4 is 5.73 Å². The van der Waals surface area contributed by atoms with Crippen molar-refractivity contribution in [3.8, 4) is 5.75 Å². The fraction of sp³-hybridized carbons (Fsp3) is 0.143. The van der Waals surface area contributed by atoms with Crippen LogP contribution in [0.15, 0.2) is 18.2 Å². The second-order valence-electron chi connectivity index (χ2n) is 2.27. The molecule has 12 heavy (non-hydrogen) atoms. The molecule has 0 aromatic heterocycles. The summed E-state index contributed by atoms with van der Waals surface area (Å²) in [6.45, 7) is 0.170. The third-order valence-corrected chi connectivity index (χ3v) is 1.50. The first-order chi connectivity index (χ1) is 5.65. The Kier molecular flexibility index (Phi) is 2.25. The highest BCUT2D eigenvalue weighted by atomic mass is 16.6. The fourth-order valence-electron chi connectivity index (χ4n) is 0.838. The van der Waals surface area contributed by atoms with Gasteiger partial charge in [-0.25, -0.2) is 0 Å². The number of nitrogens with zero attached hydrogens (tertiary/aromatic N) is 1. The Morgan fingerprint density at radius 2 is 2.25 bits per heavy atom. The summed E-state index contributed by atoms with van der Waals surface area (Å²) in [6, 6.07) is 3.83. The Morgan fingerprint density at radius 1 is 1.58 bits per heavy atom.